The van der Waals surface area contributed by atoms with Gasteiger partial charge < -0.3 is 5.32 Å². The Morgan fingerprint density at radius 2 is 2.14 bits per heavy atom. The van der Waals surface area contributed by atoms with E-state index in [1.165, 1.54) is 0 Å². The third kappa shape index (κ3) is 2.07. The average molecular weight is 189 g/mol. The van der Waals surface area contributed by atoms with E-state index in [2.05, 4.69) is 20.4 Å². The molecule has 0 saturated heterocycles. The Morgan fingerprint density at radius 3 is 2.79 bits per heavy atom. The molecule has 0 amide bonds. The molecule has 0 radical (unpaired) electrons. The normalized spacial score (nSPS) is 10.1. The summed E-state index contributed by atoms with van der Waals surface area (Å²) in [5, 5.41) is 7.30. The van der Waals surface area contributed by atoms with Crippen molar-refractivity contribution in [3.8, 4) is 0 Å². The number of hydrogen-bond acceptors (Lipinski definition) is 4. The minimum Gasteiger partial charge on any atom is -0.361 e. The third-order valence-corrected chi connectivity index (χ3v) is 1.76. The van der Waals surface area contributed by atoms with Gasteiger partial charge in [0, 0.05) is 31.7 Å². The van der Waals surface area contributed by atoms with Crippen LogP contribution in [0.3, 0.4) is 0 Å². The minimum atomic E-state index is 0.595. The summed E-state index contributed by atoms with van der Waals surface area (Å²) in [6.45, 7) is 0.595. The van der Waals surface area contributed by atoms with Gasteiger partial charge in [0.05, 0.1) is 6.54 Å². The molecule has 0 aliphatic rings. The van der Waals surface area contributed by atoms with Crippen molar-refractivity contribution in [3.63, 3.8) is 0 Å². The van der Waals surface area contributed by atoms with E-state index in [1.54, 1.807) is 23.1 Å². The zero-order valence-electron chi connectivity index (χ0n) is 7.88. The molecule has 1 N–H and O–H groups in total. The van der Waals surface area contributed by atoms with E-state index in [0.717, 1.165) is 11.6 Å². The van der Waals surface area contributed by atoms with Crippen molar-refractivity contribution in [1.82, 2.24) is 19.7 Å². The second-order valence-electron chi connectivity index (χ2n) is 2.89. The molecule has 2 rings (SSSR count). The molecule has 5 heteroatoms. The first-order valence-electron chi connectivity index (χ1n) is 4.34. The van der Waals surface area contributed by atoms with Crippen molar-refractivity contribution in [2.45, 2.75) is 6.54 Å². The van der Waals surface area contributed by atoms with E-state index >= 15 is 0 Å². The van der Waals surface area contributed by atoms with Gasteiger partial charge in [-0.1, -0.05) is 0 Å². The lowest BCUT2D eigenvalue weighted by atomic mass is 10.5. The monoisotopic (exact) mass is 189 g/mol. The van der Waals surface area contributed by atoms with Crippen molar-refractivity contribution in [2.75, 3.05) is 5.32 Å². The maximum atomic E-state index is 4.18. The molecule has 0 fully saturated rings. The van der Waals surface area contributed by atoms with E-state index in [-0.39, 0.29) is 0 Å². The summed E-state index contributed by atoms with van der Waals surface area (Å²) in [4.78, 5) is 8.18. The highest BCUT2D eigenvalue weighted by Crippen LogP contribution is 2.01. The van der Waals surface area contributed by atoms with E-state index in [9.17, 15) is 0 Å². The van der Waals surface area contributed by atoms with Gasteiger partial charge in [-0.15, -0.1) is 0 Å². The van der Waals surface area contributed by atoms with Gasteiger partial charge in [-0.2, -0.15) is 5.10 Å². The lowest BCUT2D eigenvalue weighted by molar-refractivity contribution is 0.767. The van der Waals surface area contributed by atoms with Crippen LogP contribution in [0.2, 0.25) is 0 Å². The van der Waals surface area contributed by atoms with Crippen LogP contribution in [0.5, 0.6) is 0 Å². The highest BCUT2D eigenvalue weighted by molar-refractivity contribution is 5.32. The van der Waals surface area contributed by atoms with Gasteiger partial charge in [0.2, 0.25) is 0 Å². The maximum absolute atomic E-state index is 4.18. The van der Waals surface area contributed by atoms with Crippen molar-refractivity contribution in [3.05, 3.63) is 36.5 Å². The zero-order valence-corrected chi connectivity index (χ0v) is 7.88. The van der Waals surface area contributed by atoms with E-state index in [1.807, 2.05) is 19.3 Å². The van der Waals surface area contributed by atoms with E-state index in [4.69, 9.17) is 0 Å². The molecule has 0 aromatic carbocycles. The Morgan fingerprint density at radius 1 is 1.36 bits per heavy atom. The molecule has 2 aromatic heterocycles. The fourth-order valence-corrected chi connectivity index (χ4v) is 1.10. The first-order valence-corrected chi connectivity index (χ1v) is 4.34. The van der Waals surface area contributed by atoms with Gasteiger partial charge in [0.25, 0.3) is 0 Å². The highest BCUT2D eigenvalue weighted by atomic mass is 15.3. The number of anilines is 1. The summed E-state index contributed by atoms with van der Waals surface area (Å²) in [6, 6.07) is 3.70. The van der Waals surface area contributed by atoms with Crippen LogP contribution in [-0.4, -0.2) is 19.7 Å². The van der Waals surface area contributed by atoms with Crippen molar-refractivity contribution in [2.24, 2.45) is 7.05 Å². The van der Waals surface area contributed by atoms with Crippen molar-refractivity contribution < 1.29 is 0 Å². The predicted molar refractivity (Wildman–Crippen MR) is 52.6 cm³/mol. The van der Waals surface area contributed by atoms with Crippen LogP contribution in [-0.2, 0) is 13.6 Å². The Kier molecular flexibility index (Phi) is 2.40. The molecule has 0 atom stereocenters. The van der Waals surface area contributed by atoms with Gasteiger partial charge in [-0.05, 0) is 6.07 Å². The molecule has 0 aliphatic carbocycles. The van der Waals surface area contributed by atoms with Crippen LogP contribution in [0.15, 0.2) is 30.7 Å². The summed E-state index contributed by atoms with van der Waals surface area (Å²) in [6.07, 6.45) is 5.33. The molecule has 72 valence electrons. The Hall–Kier alpha value is -1.91. The first kappa shape index (κ1) is 8.68. The quantitative estimate of drug-likeness (QED) is 0.776. The van der Waals surface area contributed by atoms with E-state index < -0.39 is 0 Å². The molecular weight excluding hydrogens is 178 g/mol. The summed E-state index contributed by atoms with van der Waals surface area (Å²) in [7, 11) is 1.88. The molecule has 14 heavy (non-hydrogen) atoms. The standard InChI is InChI=1S/C9H11N5/c1-14-6-3-8(13-14)12-7-9-10-4-2-5-11-9/h2-6H,7H2,1H3,(H,12,13). The number of hydrogen-bond donors (Lipinski definition) is 1. The molecule has 5 nitrogen and oxygen atoms in total. The minimum absolute atomic E-state index is 0.595. The zero-order chi connectivity index (χ0) is 9.80. The van der Waals surface area contributed by atoms with Crippen molar-refractivity contribution >= 4 is 5.82 Å². The molecule has 0 saturated carbocycles. The Labute approximate surface area is 81.8 Å². The number of aromatic nitrogens is 4. The molecule has 0 bridgehead atoms. The largest absolute Gasteiger partial charge is 0.361 e. The summed E-state index contributed by atoms with van der Waals surface area (Å²) < 4.78 is 1.74. The van der Waals surface area contributed by atoms with Crippen LogP contribution in [0, 0.1) is 0 Å². The van der Waals surface area contributed by atoms with Crippen LogP contribution < -0.4 is 5.32 Å². The van der Waals surface area contributed by atoms with Crippen LogP contribution in [0.4, 0.5) is 5.82 Å². The topological polar surface area (TPSA) is 55.6 Å². The van der Waals surface area contributed by atoms with Crippen LogP contribution >= 0.6 is 0 Å². The number of aryl methyl sites for hydroxylation is 1. The lowest BCUT2D eigenvalue weighted by Crippen LogP contribution is -2.04. The second-order valence-corrected chi connectivity index (χ2v) is 2.89. The Balaban J connectivity index is 1.95. The predicted octanol–water partition coefficient (Wildman–Crippen LogP) is 0.822. The van der Waals surface area contributed by atoms with Crippen LogP contribution in [0.1, 0.15) is 5.82 Å². The lowest BCUT2D eigenvalue weighted by Gasteiger charge is -2.00. The summed E-state index contributed by atoms with van der Waals surface area (Å²) in [5.74, 6) is 1.60. The van der Waals surface area contributed by atoms with Gasteiger partial charge >= 0.3 is 0 Å². The third-order valence-electron chi connectivity index (χ3n) is 1.76. The van der Waals surface area contributed by atoms with Gasteiger partial charge in [-0.25, -0.2) is 9.97 Å². The molecule has 0 spiro atoms. The Bertz CT molecular complexity index is 395. The first-order chi connectivity index (χ1) is 6.84. The van der Waals surface area contributed by atoms with Gasteiger partial charge in [-0.3, -0.25) is 4.68 Å². The molecule has 2 heterocycles. The van der Waals surface area contributed by atoms with E-state index in [0.29, 0.717) is 6.54 Å². The highest BCUT2D eigenvalue weighted by Gasteiger charge is 1.97. The van der Waals surface area contributed by atoms with Crippen molar-refractivity contribution in [1.29, 1.82) is 0 Å². The molecule has 2 aromatic rings. The van der Waals surface area contributed by atoms with Crippen LogP contribution in [0.25, 0.3) is 0 Å². The SMILES string of the molecule is Cn1ccc(NCc2ncccn2)n1. The number of nitrogens with zero attached hydrogens (tertiary/aromatic N) is 4. The number of nitrogens with one attached hydrogen (secondary N) is 1. The molecule has 0 unspecified atom stereocenters. The summed E-state index contributed by atoms with van der Waals surface area (Å²) in [5.41, 5.74) is 0. The van der Waals surface area contributed by atoms with Gasteiger partial charge in [0.1, 0.15) is 11.6 Å². The fourth-order valence-electron chi connectivity index (χ4n) is 1.10. The smallest absolute Gasteiger partial charge is 0.148 e. The number of rotatable bonds is 3. The molecular formula is C9H11N5. The van der Waals surface area contributed by atoms with Gasteiger partial charge in [0.15, 0.2) is 0 Å². The fraction of sp³-hybridized carbons (Fsp3) is 0.222. The average Bonchev–Trinajstić information content (AvgIpc) is 2.63. The molecule has 0 aliphatic heterocycles. The maximum Gasteiger partial charge on any atom is 0.148 e. The second kappa shape index (κ2) is 3.87. The summed E-state index contributed by atoms with van der Waals surface area (Å²) >= 11 is 0.